The average molecular weight is 516 g/mol. The third-order valence-corrected chi connectivity index (χ3v) is 5.90. The number of morpholine rings is 2. The van der Waals surface area contributed by atoms with Crippen LogP contribution >= 0.6 is 24.0 Å². The molecule has 164 valence electrons. The summed E-state index contributed by atoms with van der Waals surface area (Å²) >= 11 is 0. The first kappa shape index (κ1) is 24.4. The number of aryl methyl sites for hydroxylation is 2. The summed E-state index contributed by atoms with van der Waals surface area (Å²) in [6, 6.07) is 6.61. The van der Waals surface area contributed by atoms with Crippen LogP contribution < -0.4 is 5.32 Å². The maximum absolute atomic E-state index is 6.10. The van der Waals surface area contributed by atoms with Gasteiger partial charge in [-0.25, -0.2) is 0 Å². The number of benzene rings is 1. The van der Waals surface area contributed by atoms with Crippen LogP contribution in [0.15, 0.2) is 23.2 Å². The van der Waals surface area contributed by atoms with E-state index in [1.165, 1.54) is 16.7 Å². The first-order valence-corrected chi connectivity index (χ1v) is 10.4. The molecule has 0 aromatic heterocycles. The third-order valence-electron chi connectivity index (χ3n) is 5.90. The monoisotopic (exact) mass is 516 g/mol. The summed E-state index contributed by atoms with van der Waals surface area (Å²) < 4.78 is 11.6. The summed E-state index contributed by atoms with van der Waals surface area (Å²) in [6.45, 7) is 15.7. The smallest absolute Gasteiger partial charge is 0.193 e. The number of hydrogen-bond donors (Lipinski definition) is 1. The van der Waals surface area contributed by atoms with Gasteiger partial charge >= 0.3 is 0 Å². The molecule has 3 rings (SSSR count). The second-order valence-electron chi connectivity index (χ2n) is 8.48. The van der Waals surface area contributed by atoms with Crippen molar-refractivity contribution in [1.82, 2.24) is 15.1 Å². The first-order chi connectivity index (χ1) is 13.4. The van der Waals surface area contributed by atoms with Gasteiger partial charge in [0.1, 0.15) is 6.10 Å². The highest BCUT2D eigenvalue weighted by Crippen LogP contribution is 2.26. The van der Waals surface area contributed by atoms with Gasteiger partial charge in [0, 0.05) is 38.8 Å². The second-order valence-corrected chi connectivity index (χ2v) is 8.48. The Morgan fingerprint density at radius 2 is 1.90 bits per heavy atom. The molecule has 2 heterocycles. The molecule has 0 spiro atoms. The molecular weight excluding hydrogens is 479 g/mol. The summed E-state index contributed by atoms with van der Waals surface area (Å²) in [5.74, 6) is 0.958. The molecule has 1 unspecified atom stereocenters. The third kappa shape index (κ3) is 6.29. The molecule has 2 fully saturated rings. The number of ether oxygens (including phenoxy) is 2. The van der Waals surface area contributed by atoms with E-state index in [1.54, 1.807) is 0 Å². The summed E-state index contributed by atoms with van der Waals surface area (Å²) in [6.07, 6.45) is 0.0835. The number of guanidine groups is 1. The van der Waals surface area contributed by atoms with Crippen molar-refractivity contribution in [1.29, 1.82) is 0 Å². The lowest BCUT2D eigenvalue weighted by Crippen LogP contribution is -2.57. The van der Waals surface area contributed by atoms with E-state index in [2.05, 4.69) is 66.0 Å². The molecule has 1 atom stereocenters. The highest BCUT2D eigenvalue weighted by Gasteiger charge is 2.30. The van der Waals surface area contributed by atoms with E-state index in [9.17, 15) is 0 Å². The van der Waals surface area contributed by atoms with Crippen LogP contribution in [0.5, 0.6) is 0 Å². The molecule has 7 heteroatoms. The minimum Gasteiger partial charge on any atom is -0.379 e. The standard InChI is InChI=1S/C22H36N4O2.HI/c1-17-6-7-19(18(2)14-17)20-15-25(8-13-28-20)21(23-5)24-16-22(3,4)26-9-11-27-12-10-26;/h6-7,14,20H,8-13,15-16H2,1-5H3,(H,23,24);1H. The first-order valence-electron chi connectivity index (χ1n) is 10.4. The van der Waals surface area contributed by atoms with E-state index in [0.29, 0.717) is 6.61 Å². The molecule has 0 bridgehead atoms. The molecular formula is C22H37IN4O2. The van der Waals surface area contributed by atoms with E-state index >= 15 is 0 Å². The number of halogens is 1. The zero-order valence-electron chi connectivity index (χ0n) is 18.5. The highest BCUT2D eigenvalue weighted by atomic mass is 127. The van der Waals surface area contributed by atoms with Crippen molar-refractivity contribution in [3.63, 3.8) is 0 Å². The number of aliphatic imine (C=N–C) groups is 1. The van der Waals surface area contributed by atoms with Crippen molar-refractivity contribution >= 4 is 29.9 Å². The molecule has 0 amide bonds. The Balaban J connectivity index is 0.00000300. The Kier molecular flexibility index (Phi) is 9.18. The van der Waals surface area contributed by atoms with Crippen LogP contribution in [-0.4, -0.2) is 80.9 Å². The lowest BCUT2D eigenvalue weighted by molar-refractivity contribution is -0.0128. The molecule has 1 N–H and O–H groups in total. The molecule has 2 aliphatic rings. The number of rotatable bonds is 4. The number of nitrogens with one attached hydrogen (secondary N) is 1. The van der Waals surface area contributed by atoms with Gasteiger partial charge < -0.3 is 19.7 Å². The summed E-state index contributed by atoms with van der Waals surface area (Å²) in [5, 5.41) is 3.61. The fraction of sp³-hybridized carbons (Fsp3) is 0.682. The van der Waals surface area contributed by atoms with E-state index < -0.39 is 0 Å². The van der Waals surface area contributed by atoms with Gasteiger partial charge in [0.2, 0.25) is 0 Å². The van der Waals surface area contributed by atoms with Gasteiger partial charge in [-0.3, -0.25) is 9.89 Å². The number of nitrogens with zero attached hydrogens (tertiary/aromatic N) is 3. The van der Waals surface area contributed by atoms with Crippen LogP contribution in [0, 0.1) is 13.8 Å². The van der Waals surface area contributed by atoms with Crippen LogP contribution in [0.25, 0.3) is 0 Å². The predicted molar refractivity (Wildman–Crippen MR) is 129 cm³/mol. The van der Waals surface area contributed by atoms with Gasteiger partial charge in [0.15, 0.2) is 5.96 Å². The zero-order chi connectivity index (χ0) is 20.1. The van der Waals surface area contributed by atoms with Gasteiger partial charge in [0.05, 0.1) is 26.4 Å². The fourth-order valence-electron chi connectivity index (χ4n) is 4.12. The second kappa shape index (κ2) is 10.9. The minimum atomic E-state index is 0. The van der Waals surface area contributed by atoms with Gasteiger partial charge in [-0.2, -0.15) is 0 Å². The molecule has 6 nitrogen and oxygen atoms in total. The van der Waals surface area contributed by atoms with Crippen molar-refractivity contribution < 1.29 is 9.47 Å². The lowest BCUT2D eigenvalue weighted by Gasteiger charge is -2.42. The predicted octanol–water partition coefficient (Wildman–Crippen LogP) is 2.98. The molecule has 1 aromatic rings. The maximum Gasteiger partial charge on any atom is 0.193 e. The summed E-state index contributed by atoms with van der Waals surface area (Å²) in [4.78, 5) is 9.37. The largest absolute Gasteiger partial charge is 0.379 e. The molecule has 2 aliphatic heterocycles. The maximum atomic E-state index is 6.10. The van der Waals surface area contributed by atoms with Gasteiger partial charge in [0.25, 0.3) is 0 Å². The minimum absolute atomic E-state index is 0. The Morgan fingerprint density at radius 1 is 1.17 bits per heavy atom. The molecule has 2 saturated heterocycles. The van der Waals surface area contributed by atoms with E-state index in [0.717, 1.165) is 51.9 Å². The van der Waals surface area contributed by atoms with Crippen molar-refractivity contribution in [2.24, 2.45) is 4.99 Å². The van der Waals surface area contributed by atoms with Crippen molar-refractivity contribution in [2.75, 3.05) is 59.6 Å². The Labute approximate surface area is 193 Å². The van der Waals surface area contributed by atoms with Gasteiger partial charge in [-0.1, -0.05) is 23.8 Å². The SMILES string of the molecule is CN=C(NCC(C)(C)N1CCOCC1)N1CCOC(c2ccc(C)cc2C)C1.I. The molecule has 1 aromatic carbocycles. The molecule has 0 saturated carbocycles. The number of hydrogen-bond acceptors (Lipinski definition) is 4. The van der Waals surface area contributed by atoms with Crippen LogP contribution in [-0.2, 0) is 9.47 Å². The summed E-state index contributed by atoms with van der Waals surface area (Å²) in [5.41, 5.74) is 3.92. The molecule has 0 radical (unpaired) electrons. The van der Waals surface area contributed by atoms with E-state index in [1.807, 2.05) is 7.05 Å². The van der Waals surface area contributed by atoms with Gasteiger partial charge in [-0.05, 0) is 38.8 Å². The van der Waals surface area contributed by atoms with E-state index in [4.69, 9.17) is 9.47 Å². The van der Waals surface area contributed by atoms with Crippen molar-refractivity contribution in [3.8, 4) is 0 Å². The quantitative estimate of drug-likeness (QED) is 0.379. The Bertz CT molecular complexity index is 689. The van der Waals surface area contributed by atoms with Crippen molar-refractivity contribution in [3.05, 3.63) is 34.9 Å². The van der Waals surface area contributed by atoms with Crippen LogP contribution in [0.3, 0.4) is 0 Å². The normalized spacial score (nSPS) is 21.6. The summed E-state index contributed by atoms with van der Waals surface area (Å²) in [7, 11) is 1.87. The average Bonchev–Trinajstić information content (AvgIpc) is 2.69. The zero-order valence-corrected chi connectivity index (χ0v) is 20.9. The fourth-order valence-corrected chi connectivity index (χ4v) is 4.12. The molecule has 29 heavy (non-hydrogen) atoms. The van der Waals surface area contributed by atoms with Crippen LogP contribution in [0.1, 0.15) is 36.6 Å². The van der Waals surface area contributed by atoms with Crippen LogP contribution in [0.4, 0.5) is 0 Å². The highest BCUT2D eigenvalue weighted by molar-refractivity contribution is 14.0. The van der Waals surface area contributed by atoms with Crippen molar-refractivity contribution in [2.45, 2.75) is 39.3 Å². The van der Waals surface area contributed by atoms with Gasteiger partial charge in [-0.15, -0.1) is 24.0 Å². The Hall–Kier alpha value is -0.900. The van der Waals surface area contributed by atoms with E-state index in [-0.39, 0.29) is 35.6 Å². The molecule has 0 aliphatic carbocycles. The Morgan fingerprint density at radius 3 is 2.55 bits per heavy atom. The lowest BCUT2D eigenvalue weighted by atomic mass is 10.00. The van der Waals surface area contributed by atoms with Crippen LogP contribution in [0.2, 0.25) is 0 Å². The topological polar surface area (TPSA) is 49.3 Å².